The van der Waals surface area contributed by atoms with Crippen molar-refractivity contribution in [2.75, 3.05) is 20.7 Å². The summed E-state index contributed by atoms with van der Waals surface area (Å²) in [6, 6.07) is 3.41. The molecule has 0 aromatic heterocycles. The number of aliphatic carboxylic acids is 1. The Bertz CT molecular complexity index is 1160. The molecule has 4 fully saturated rings. The Morgan fingerprint density at radius 3 is 2.33 bits per heavy atom. The van der Waals surface area contributed by atoms with Crippen molar-refractivity contribution in [3.8, 4) is 11.5 Å². The zero-order chi connectivity index (χ0) is 28.8. The molecule has 2 N–H and O–H groups in total. The lowest BCUT2D eigenvalue weighted by Gasteiger charge is -2.40. The lowest BCUT2D eigenvalue weighted by atomic mass is 9.70. The van der Waals surface area contributed by atoms with Crippen molar-refractivity contribution < 1.29 is 29.0 Å². The molecule has 0 radical (unpaired) electrons. The number of carboxylic acids is 1. The van der Waals surface area contributed by atoms with Crippen LogP contribution in [0, 0.1) is 28.6 Å². The van der Waals surface area contributed by atoms with Crippen LogP contribution in [-0.2, 0) is 9.59 Å². The van der Waals surface area contributed by atoms with Gasteiger partial charge in [-0.05, 0) is 94.1 Å². The fourth-order valence-electron chi connectivity index (χ4n) is 7.64. The highest BCUT2D eigenvalue weighted by atomic mass is 31.0. The lowest BCUT2D eigenvalue weighted by molar-refractivity contribution is -0.150. The van der Waals surface area contributed by atoms with Gasteiger partial charge in [0.1, 0.15) is 11.5 Å². The highest BCUT2D eigenvalue weighted by Gasteiger charge is 2.53. The molecule has 5 atom stereocenters. The molecule has 5 rings (SSSR count). The largest absolute Gasteiger partial charge is 0.496 e. The van der Waals surface area contributed by atoms with Crippen LogP contribution in [0.5, 0.6) is 11.5 Å². The molecule has 0 aliphatic heterocycles. The summed E-state index contributed by atoms with van der Waals surface area (Å²) in [6.07, 6.45) is 8.89. The standard InChI is InChI=1S/C31H45N2O6P/c1-30(10-5-11-30)17-32-27(34)25-18-6-7-19(14-18)26(25)33(3)28(35)21-15-23(24(40)16-22(21)38-4)39-20-8-12-31(2,13-9-20)29(36)37/h15-16,18-20,25-26H,5-14,17,40H2,1-4H3,(H,32,34)(H,36,37)/t18-,19+,20?,25+,26-,31?/m1/s1. The van der Waals surface area contributed by atoms with E-state index < -0.39 is 11.4 Å². The average molecular weight is 573 g/mol. The number of carboxylic acid groups (broad SMARTS) is 1. The first-order chi connectivity index (χ1) is 18.9. The van der Waals surface area contributed by atoms with E-state index in [1.54, 1.807) is 31.1 Å². The third kappa shape index (κ3) is 5.45. The average Bonchev–Trinajstić information content (AvgIpc) is 3.54. The summed E-state index contributed by atoms with van der Waals surface area (Å²) in [6.45, 7) is 4.74. The van der Waals surface area contributed by atoms with Crippen LogP contribution in [0.4, 0.5) is 0 Å². The van der Waals surface area contributed by atoms with Gasteiger partial charge < -0.3 is 24.8 Å². The topological polar surface area (TPSA) is 105 Å². The van der Waals surface area contributed by atoms with E-state index in [1.165, 1.54) is 6.42 Å². The number of nitrogens with one attached hydrogen (secondary N) is 1. The number of rotatable bonds is 9. The van der Waals surface area contributed by atoms with Crippen LogP contribution in [0.3, 0.4) is 0 Å². The van der Waals surface area contributed by atoms with Crippen LogP contribution in [0.15, 0.2) is 12.1 Å². The third-order valence-electron chi connectivity index (χ3n) is 10.6. The first-order valence-electron chi connectivity index (χ1n) is 14.9. The van der Waals surface area contributed by atoms with Crippen LogP contribution >= 0.6 is 9.24 Å². The maximum Gasteiger partial charge on any atom is 0.309 e. The molecular weight excluding hydrogens is 527 g/mol. The molecule has 1 aromatic rings. The molecule has 4 aliphatic rings. The number of fused-ring (bicyclic) bond motifs is 2. The Kier molecular flexibility index (Phi) is 8.13. The number of carbonyl (C=O) groups excluding carboxylic acids is 2. The smallest absolute Gasteiger partial charge is 0.309 e. The van der Waals surface area contributed by atoms with Crippen LogP contribution < -0.4 is 20.1 Å². The van der Waals surface area contributed by atoms with Gasteiger partial charge in [0.2, 0.25) is 5.91 Å². The van der Waals surface area contributed by atoms with Gasteiger partial charge in [0.25, 0.3) is 5.91 Å². The highest BCUT2D eigenvalue weighted by molar-refractivity contribution is 7.27. The molecule has 1 aromatic carbocycles. The number of methoxy groups -OCH3 is 1. The Labute approximate surface area is 240 Å². The summed E-state index contributed by atoms with van der Waals surface area (Å²) in [5.41, 5.74) is -0.0908. The molecule has 0 heterocycles. The number of ether oxygens (including phenoxy) is 2. The zero-order valence-corrected chi connectivity index (χ0v) is 25.5. The Morgan fingerprint density at radius 2 is 1.73 bits per heavy atom. The molecule has 0 saturated heterocycles. The molecule has 9 heteroatoms. The van der Waals surface area contributed by atoms with Crippen molar-refractivity contribution in [1.29, 1.82) is 0 Å². The molecule has 4 saturated carbocycles. The highest BCUT2D eigenvalue weighted by Crippen LogP contribution is 2.51. The van der Waals surface area contributed by atoms with Gasteiger partial charge >= 0.3 is 5.97 Å². The second kappa shape index (κ2) is 11.2. The van der Waals surface area contributed by atoms with Crippen LogP contribution in [0.25, 0.3) is 0 Å². The molecule has 2 bridgehead atoms. The lowest BCUT2D eigenvalue weighted by Crippen LogP contribution is -2.52. The number of nitrogens with zero attached hydrogens (tertiary/aromatic N) is 1. The van der Waals surface area contributed by atoms with Gasteiger partial charge in [-0.2, -0.15) is 0 Å². The number of benzene rings is 1. The number of amides is 2. The molecule has 8 nitrogen and oxygen atoms in total. The van der Waals surface area contributed by atoms with E-state index in [9.17, 15) is 19.5 Å². The van der Waals surface area contributed by atoms with Crippen molar-refractivity contribution in [3.05, 3.63) is 17.7 Å². The predicted octanol–water partition coefficient (Wildman–Crippen LogP) is 4.40. The Hall–Kier alpha value is -2.34. The van der Waals surface area contributed by atoms with Crippen molar-refractivity contribution in [1.82, 2.24) is 10.2 Å². The summed E-state index contributed by atoms with van der Waals surface area (Å²) in [5, 5.41) is 13.6. The fourth-order valence-corrected chi connectivity index (χ4v) is 7.94. The molecule has 40 heavy (non-hydrogen) atoms. The maximum atomic E-state index is 14.0. The van der Waals surface area contributed by atoms with E-state index in [4.69, 9.17) is 9.47 Å². The normalized spacial score (nSPS) is 32.2. The summed E-state index contributed by atoms with van der Waals surface area (Å²) in [7, 11) is 6.04. The minimum Gasteiger partial charge on any atom is -0.496 e. The van der Waals surface area contributed by atoms with Crippen molar-refractivity contribution in [2.24, 2.45) is 28.6 Å². The number of carbonyl (C=O) groups is 3. The van der Waals surface area contributed by atoms with E-state index >= 15 is 0 Å². The second-order valence-corrected chi connectivity index (χ2v) is 14.0. The fraction of sp³-hybridized carbons (Fsp3) is 0.710. The van der Waals surface area contributed by atoms with Gasteiger partial charge in [-0.1, -0.05) is 13.3 Å². The first-order valence-corrected chi connectivity index (χ1v) is 15.4. The van der Waals surface area contributed by atoms with Gasteiger partial charge in [0.05, 0.1) is 30.1 Å². The van der Waals surface area contributed by atoms with Gasteiger partial charge in [0.15, 0.2) is 0 Å². The maximum absolute atomic E-state index is 14.0. The number of hydrogen-bond acceptors (Lipinski definition) is 5. The van der Waals surface area contributed by atoms with E-state index in [2.05, 4.69) is 21.5 Å². The van der Waals surface area contributed by atoms with E-state index in [0.29, 0.717) is 61.1 Å². The summed E-state index contributed by atoms with van der Waals surface area (Å²) in [5.74, 6) is 0.663. The van der Waals surface area contributed by atoms with E-state index in [0.717, 1.165) is 37.4 Å². The SMILES string of the molecule is COc1cc(P)c(OC2CCC(C)(C(=O)O)CC2)cc1C(=O)N(C)[C@@H]1[C@H]2CC[C@H](C2)[C@@H]1C(=O)NCC1(C)CCC1. The number of hydrogen-bond donors (Lipinski definition) is 2. The monoisotopic (exact) mass is 572 g/mol. The first kappa shape index (κ1) is 29.2. The molecular formula is C31H45N2O6P. The van der Waals surface area contributed by atoms with Crippen molar-refractivity contribution in [3.63, 3.8) is 0 Å². The Balaban J connectivity index is 1.32. The summed E-state index contributed by atoms with van der Waals surface area (Å²) < 4.78 is 12.0. The van der Waals surface area contributed by atoms with Crippen LogP contribution in [-0.4, -0.2) is 60.6 Å². The van der Waals surface area contributed by atoms with Gasteiger partial charge in [-0.15, -0.1) is 9.24 Å². The quantitative estimate of drug-likeness (QED) is 0.425. The minimum atomic E-state index is -0.761. The van der Waals surface area contributed by atoms with Crippen molar-refractivity contribution >= 4 is 32.3 Å². The van der Waals surface area contributed by atoms with E-state index in [-0.39, 0.29) is 35.3 Å². The van der Waals surface area contributed by atoms with Gasteiger partial charge in [-0.25, -0.2) is 0 Å². The van der Waals surface area contributed by atoms with Gasteiger partial charge in [0, 0.05) is 24.9 Å². The molecule has 2 amide bonds. The van der Waals surface area contributed by atoms with Gasteiger partial charge in [-0.3, -0.25) is 14.4 Å². The Morgan fingerprint density at radius 1 is 1.05 bits per heavy atom. The van der Waals surface area contributed by atoms with E-state index in [1.807, 2.05) is 7.05 Å². The summed E-state index contributed by atoms with van der Waals surface area (Å²) in [4.78, 5) is 40.9. The minimum absolute atomic E-state index is 0.0897. The molecule has 0 spiro atoms. The summed E-state index contributed by atoms with van der Waals surface area (Å²) >= 11 is 0. The molecule has 1 unspecified atom stereocenters. The third-order valence-corrected chi connectivity index (χ3v) is 11.1. The van der Waals surface area contributed by atoms with Crippen LogP contribution in [0.1, 0.15) is 88.4 Å². The second-order valence-electron chi connectivity index (χ2n) is 13.4. The van der Waals surface area contributed by atoms with Crippen molar-refractivity contribution in [2.45, 2.75) is 90.2 Å². The predicted molar refractivity (Wildman–Crippen MR) is 156 cm³/mol. The van der Waals surface area contributed by atoms with Crippen LogP contribution in [0.2, 0.25) is 0 Å². The molecule has 220 valence electrons. The molecule has 4 aliphatic carbocycles. The zero-order valence-electron chi connectivity index (χ0n) is 24.3.